The fraction of sp³-hybridized carbons (Fsp3) is 0.692. The van der Waals surface area contributed by atoms with Gasteiger partial charge in [-0.1, -0.05) is 0 Å². The number of carbonyl (C=O) groups is 1. The van der Waals surface area contributed by atoms with Crippen LogP contribution in [0.15, 0.2) is 4.42 Å². The van der Waals surface area contributed by atoms with Gasteiger partial charge in [0.1, 0.15) is 0 Å². The quantitative estimate of drug-likeness (QED) is 0.809. The van der Waals surface area contributed by atoms with Gasteiger partial charge >= 0.3 is 0 Å². The van der Waals surface area contributed by atoms with Gasteiger partial charge in [-0.3, -0.25) is 4.79 Å². The summed E-state index contributed by atoms with van der Waals surface area (Å²) < 4.78 is 5.40. The lowest BCUT2D eigenvalue weighted by molar-refractivity contribution is 0.0745. The van der Waals surface area contributed by atoms with Gasteiger partial charge in [-0.2, -0.15) is 0 Å². The van der Waals surface area contributed by atoms with Gasteiger partial charge in [0.2, 0.25) is 5.76 Å². The fourth-order valence-electron chi connectivity index (χ4n) is 3.35. The van der Waals surface area contributed by atoms with Crippen molar-refractivity contribution >= 4 is 5.91 Å². The molecule has 1 aromatic rings. The number of fused-ring (bicyclic) bond motifs is 1. The molecule has 3 atom stereocenters. The molecule has 1 aliphatic heterocycles. The molecule has 2 aliphatic rings. The molecule has 1 aromatic heterocycles. The maximum atomic E-state index is 12.4. The Morgan fingerprint density at radius 2 is 2.17 bits per heavy atom. The van der Waals surface area contributed by atoms with Crippen LogP contribution in [-0.2, 0) is 0 Å². The van der Waals surface area contributed by atoms with Gasteiger partial charge in [0.25, 0.3) is 5.91 Å². The van der Waals surface area contributed by atoms with Crippen molar-refractivity contribution in [3.05, 3.63) is 17.3 Å². The smallest absolute Gasteiger partial charge is 0.291 e. The Morgan fingerprint density at radius 3 is 2.78 bits per heavy atom. The summed E-state index contributed by atoms with van der Waals surface area (Å²) in [6.07, 6.45) is 2.24. The average Bonchev–Trinajstić information content (AvgIpc) is 2.96. The first-order chi connectivity index (χ1) is 8.56. The van der Waals surface area contributed by atoms with Crippen molar-refractivity contribution in [1.82, 2.24) is 9.88 Å². The van der Waals surface area contributed by atoms with Crippen LogP contribution < -0.4 is 5.73 Å². The van der Waals surface area contributed by atoms with Gasteiger partial charge in [0, 0.05) is 26.1 Å². The number of aryl methyl sites for hydroxylation is 2. The molecule has 1 saturated carbocycles. The van der Waals surface area contributed by atoms with E-state index in [1.807, 2.05) is 11.8 Å². The van der Waals surface area contributed by atoms with Gasteiger partial charge in [-0.15, -0.1) is 0 Å². The molecular formula is C13H19N3O2. The van der Waals surface area contributed by atoms with Crippen LogP contribution in [0.5, 0.6) is 0 Å². The highest BCUT2D eigenvalue weighted by molar-refractivity contribution is 5.92. The van der Waals surface area contributed by atoms with E-state index in [1.54, 1.807) is 6.92 Å². The van der Waals surface area contributed by atoms with E-state index in [-0.39, 0.29) is 11.9 Å². The first-order valence-corrected chi connectivity index (χ1v) is 6.55. The minimum absolute atomic E-state index is 0.0327. The van der Waals surface area contributed by atoms with Crippen LogP contribution in [0.1, 0.15) is 35.0 Å². The number of amides is 1. The first kappa shape index (κ1) is 11.7. The van der Waals surface area contributed by atoms with Gasteiger partial charge in [0.15, 0.2) is 5.89 Å². The predicted octanol–water partition coefficient (Wildman–Crippen LogP) is 1.10. The second-order valence-electron chi connectivity index (χ2n) is 5.52. The normalized spacial score (nSPS) is 30.8. The Kier molecular flexibility index (Phi) is 2.66. The van der Waals surface area contributed by atoms with Crippen molar-refractivity contribution in [1.29, 1.82) is 0 Å². The summed E-state index contributed by atoms with van der Waals surface area (Å²) in [5.41, 5.74) is 6.76. The van der Waals surface area contributed by atoms with E-state index in [9.17, 15) is 4.79 Å². The third-order valence-electron chi connectivity index (χ3n) is 4.30. The maximum Gasteiger partial charge on any atom is 0.291 e. The highest BCUT2D eigenvalue weighted by Gasteiger charge is 2.43. The van der Waals surface area contributed by atoms with Crippen LogP contribution in [-0.4, -0.2) is 34.9 Å². The molecule has 0 aromatic carbocycles. The summed E-state index contributed by atoms with van der Waals surface area (Å²) in [6.45, 7) is 5.16. The van der Waals surface area contributed by atoms with E-state index < -0.39 is 0 Å². The van der Waals surface area contributed by atoms with Crippen molar-refractivity contribution in [2.75, 3.05) is 13.1 Å². The van der Waals surface area contributed by atoms with Crippen LogP contribution in [0.2, 0.25) is 0 Å². The van der Waals surface area contributed by atoms with Gasteiger partial charge in [-0.25, -0.2) is 4.98 Å². The Balaban J connectivity index is 1.77. The molecule has 0 bridgehead atoms. The van der Waals surface area contributed by atoms with Crippen molar-refractivity contribution in [2.24, 2.45) is 17.6 Å². The second-order valence-corrected chi connectivity index (χ2v) is 5.52. The third kappa shape index (κ3) is 1.73. The molecule has 2 heterocycles. The molecule has 3 rings (SSSR count). The summed E-state index contributed by atoms with van der Waals surface area (Å²) in [5.74, 6) is 1.95. The molecule has 18 heavy (non-hydrogen) atoms. The third-order valence-corrected chi connectivity index (χ3v) is 4.30. The standard InChI is InChI=1S/C13H19N3O2/c1-7-12(18-8(2)15-7)13(17)16-5-9-3-4-11(14)10(9)6-16/h9-11H,3-6,14H2,1-2H3. The SMILES string of the molecule is Cc1nc(C)c(C(=O)N2CC3CCC(N)C3C2)o1. The summed E-state index contributed by atoms with van der Waals surface area (Å²) >= 11 is 0. The van der Waals surface area contributed by atoms with Crippen LogP contribution >= 0.6 is 0 Å². The molecule has 2 fully saturated rings. The van der Waals surface area contributed by atoms with Crippen LogP contribution in [0, 0.1) is 25.7 Å². The van der Waals surface area contributed by atoms with Crippen molar-refractivity contribution in [2.45, 2.75) is 32.7 Å². The van der Waals surface area contributed by atoms with Crippen molar-refractivity contribution in [3.63, 3.8) is 0 Å². The van der Waals surface area contributed by atoms with Crippen molar-refractivity contribution in [3.8, 4) is 0 Å². The fourth-order valence-corrected chi connectivity index (χ4v) is 3.35. The van der Waals surface area contributed by atoms with Crippen LogP contribution in [0.3, 0.4) is 0 Å². The zero-order chi connectivity index (χ0) is 12.9. The first-order valence-electron chi connectivity index (χ1n) is 6.55. The lowest BCUT2D eigenvalue weighted by Crippen LogP contribution is -2.33. The minimum Gasteiger partial charge on any atom is -0.436 e. The lowest BCUT2D eigenvalue weighted by atomic mass is 9.98. The number of hydrogen-bond acceptors (Lipinski definition) is 4. The van der Waals surface area contributed by atoms with Gasteiger partial charge in [-0.05, 0) is 31.6 Å². The zero-order valence-corrected chi connectivity index (χ0v) is 10.8. The Bertz CT molecular complexity index is 483. The molecule has 98 valence electrons. The van der Waals surface area contributed by atoms with Crippen molar-refractivity contribution < 1.29 is 9.21 Å². The average molecular weight is 249 g/mol. The molecule has 0 radical (unpaired) electrons. The number of aromatic nitrogens is 1. The summed E-state index contributed by atoms with van der Waals surface area (Å²) in [4.78, 5) is 18.4. The number of likely N-dealkylation sites (tertiary alicyclic amines) is 1. The van der Waals surface area contributed by atoms with Gasteiger partial charge in [0.05, 0.1) is 5.69 Å². The molecular weight excluding hydrogens is 230 g/mol. The van der Waals surface area contributed by atoms with E-state index in [0.29, 0.717) is 29.2 Å². The summed E-state index contributed by atoms with van der Waals surface area (Å²) in [7, 11) is 0. The molecule has 0 spiro atoms. The molecule has 1 saturated heterocycles. The molecule has 5 heteroatoms. The number of carbonyl (C=O) groups excluding carboxylic acids is 1. The van der Waals surface area contributed by atoms with E-state index in [0.717, 1.165) is 25.9 Å². The monoisotopic (exact) mass is 249 g/mol. The Hall–Kier alpha value is -1.36. The Labute approximate surface area is 106 Å². The summed E-state index contributed by atoms with van der Waals surface area (Å²) in [6, 6.07) is 0.255. The highest BCUT2D eigenvalue weighted by Crippen LogP contribution is 2.37. The molecule has 1 amide bonds. The number of nitrogens with two attached hydrogens (primary N) is 1. The van der Waals surface area contributed by atoms with Crippen LogP contribution in [0.4, 0.5) is 0 Å². The molecule has 1 aliphatic carbocycles. The minimum atomic E-state index is -0.0327. The molecule has 2 N–H and O–H groups in total. The number of hydrogen-bond donors (Lipinski definition) is 1. The topological polar surface area (TPSA) is 72.4 Å². The molecule has 3 unspecified atom stereocenters. The number of nitrogens with zero attached hydrogens (tertiary/aromatic N) is 2. The Morgan fingerprint density at radius 1 is 1.39 bits per heavy atom. The number of oxazole rings is 1. The molecule has 5 nitrogen and oxygen atoms in total. The highest BCUT2D eigenvalue weighted by atomic mass is 16.4. The maximum absolute atomic E-state index is 12.4. The summed E-state index contributed by atoms with van der Waals surface area (Å²) in [5, 5.41) is 0. The van der Waals surface area contributed by atoms with E-state index in [4.69, 9.17) is 10.2 Å². The predicted molar refractivity (Wildman–Crippen MR) is 66.1 cm³/mol. The van der Waals surface area contributed by atoms with Crippen LogP contribution in [0.25, 0.3) is 0 Å². The largest absolute Gasteiger partial charge is 0.436 e. The van der Waals surface area contributed by atoms with E-state index in [2.05, 4.69) is 4.98 Å². The van der Waals surface area contributed by atoms with E-state index in [1.165, 1.54) is 0 Å². The zero-order valence-electron chi connectivity index (χ0n) is 10.8. The number of rotatable bonds is 1. The lowest BCUT2D eigenvalue weighted by Gasteiger charge is -2.17. The van der Waals surface area contributed by atoms with E-state index >= 15 is 0 Å². The van der Waals surface area contributed by atoms with Gasteiger partial charge < -0.3 is 15.1 Å². The second kappa shape index (κ2) is 4.09.